The van der Waals surface area contributed by atoms with Gasteiger partial charge in [0.1, 0.15) is 6.04 Å². The first-order valence-electron chi connectivity index (χ1n) is 7.40. The Balaban J connectivity index is 2.05. The van der Waals surface area contributed by atoms with E-state index in [2.05, 4.69) is 6.07 Å². The van der Waals surface area contributed by atoms with Crippen molar-refractivity contribution in [3.63, 3.8) is 0 Å². The van der Waals surface area contributed by atoms with E-state index >= 15 is 0 Å². The fourth-order valence-corrected chi connectivity index (χ4v) is 3.90. The van der Waals surface area contributed by atoms with Crippen molar-refractivity contribution in [1.82, 2.24) is 13.5 Å². The molecule has 0 spiro atoms. The zero-order valence-corrected chi connectivity index (χ0v) is 13.8. The molecule has 0 radical (unpaired) electrons. The molecular formula is C15H22N4O2S. The van der Waals surface area contributed by atoms with Crippen LogP contribution in [0.25, 0.3) is 0 Å². The first-order valence-corrected chi connectivity index (χ1v) is 8.80. The topological polar surface area (TPSA) is 67.7 Å². The molecule has 22 heavy (non-hydrogen) atoms. The molecule has 0 aliphatic carbocycles. The molecule has 120 valence electrons. The molecule has 1 aromatic rings. The van der Waals surface area contributed by atoms with Crippen LogP contribution in [0.2, 0.25) is 0 Å². The van der Waals surface area contributed by atoms with Crippen LogP contribution in [0.1, 0.15) is 18.5 Å². The lowest BCUT2D eigenvalue weighted by Gasteiger charge is -2.37. The highest BCUT2D eigenvalue weighted by molar-refractivity contribution is 7.86. The van der Waals surface area contributed by atoms with Crippen LogP contribution in [0, 0.1) is 11.3 Å². The van der Waals surface area contributed by atoms with Gasteiger partial charge in [0.15, 0.2) is 0 Å². The van der Waals surface area contributed by atoms with Crippen molar-refractivity contribution in [3.8, 4) is 6.07 Å². The predicted molar refractivity (Wildman–Crippen MR) is 85.2 cm³/mol. The van der Waals surface area contributed by atoms with Gasteiger partial charge >= 0.3 is 0 Å². The molecule has 6 nitrogen and oxygen atoms in total. The van der Waals surface area contributed by atoms with Crippen molar-refractivity contribution in [2.45, 2.75) is 13.0 Å². The number of benzene rings is 1. The second-order valence-corrected chi connectivity index (χ2v) is 7.33. The minimum atomic E-state index is -3.38. The molecule has 1 fully saturated rings. The second-order valence-electron chi connectivity index (χ2n) is 5.30. The van der Waals surface area contributed by atoms with E-state index in [9.17, 15) is 13.7 Å². The lowest BCUT2D eigenvalue weighted by atomic mass is 10.1. The lowest BCUT2D eigenvalue weighted by molar-refractivity contribution is 0.158. The van der Waals surface area contributed by atoms with Gasteiger partial charge in [0.05, 0.1) is 6.07 Å². The molecule has 0 aromatic heterocycles. The first-order chi connectivity index (χ1) is 10.5. The normalized spacial score (nSPS) is 19.0. The number of hydrogen-bond acceptors (Lipinski definition) is 4. The summed E-state index contributed by atoms with van der Waals surface area (Å²) in [4.78, 5) is 2.04. The summed E-state index contributed by atoms with van der Waals surface area (Å²) in [6.45, 7) is 4.21. The molecule has 0 bridgehead atoms. The van der Waals surface area contributed by atoms with E-state index in [1.807, 2.05) is 42.2 Å². The fourth-order valence-electron chi connectivity index (χ4n) is 2.56. The summed E-state index contributed by atoms with van der Waals surface area (Å²) in [5.74, 6) is 0. The molecule has 1 aromatic carbocycles. The smallest absolute Gasteiger partial charge is 0.281 e. The molecule has 0 N–H and O–H groups in total. The van der Waals surface area contributed by atoms with Crippen molar-refractivity contribution in [1.29, 1.82) is 5.26 Å². The van der Waals surface area contributed by atoms with Gasteiger partial charge in [-0.3, -0.25) is 4.90 Å². The Labute approximate surface area is 132 Å². The van der Waals surface area contributed by atoms with Gasteiger partial charge in [0.2, 0.25) is 0 Å². The molecular weight excluding hydrogens is 300 g/mol. The van der Waals surface area contributed by atoms with Crippen LogP contribution in [-0.2, 0) is 10.2 Å². The maximum atomic E-state index is 12.3. The summed E-state index contributed by atoms with van der Waals surface area (Å²) < 4.78 is 27.4. The molecule has 0 saturated carbocycles. The Kier molecular flexibility index (Phi) is 5.53. The quantitative estimate of drug-likeness (QED) is 0.813. The van der Waals surface area contributed by atoms with Gasteiger partial charge in [-0.2, -0.15) is 22.3 Å². The van der Waals surface area contributed by atoms with E-state index in [1.165, 1.54) is 8.61 Å². The van der Waals surface area contributed by atoms with E-state index in [0.717, 1.165) is 5.56 Å². The van der Waals surface area contributed by atoms with Gasteiger partial charge in [0.25, 0.3) is 10.2 Å². The fraction of sp³-hybridized carbons (Fsp3) is 0.533. The number of hydrogen-bond donors (Lipinski definition) is 0. The van der Waals surface area contributed by atoms with Crippen LogP contribution in [-0.4, -0.2) is 61.7 Å². The van der Waals surface area contributed by atoms with Gasteiger partial charge in [0, 0.05) is 39.8 Å². The zero-order valence-electron chi connectivity index (χ0n) is 13.0. The summed E-state index contributed by atoms with van der Waals surface area (Å²) in [5.41, 5.74) is 0.951. The van der Waals surface area contributed by atoms with Crippen LogP contribution < -0.4 is 0 Å². The Bertz CT molecular complexity index is 619. The van der Waals surface area contributed by atoms with Crippen molar-refractivity contribution < 1.29 is 8.42 Å². The molecule has 7 heteroatoms. The predicted octanol–water partition coefficient (Wildman–Crippen LogP) is 1.07. The van der Waals surface area contributed by atoms with Gasteiger partial charge in [-0.25, -0.2) is 0 Å². The highest BCUT2D eigenvalue weighted by Crippen LogP contribution is 2.22. The molecule has 1 aliphatic rings. The summed E-state index contributed by atoms with van der Waals surface area (Å²) in [7, 11) is -1.79. The van der Waals surface area contributed by atoms with E-state index < -0.39 is 10.2 Å². The van der Waals surface area contributed by atoms with E-state index in [4.69, 9.17) is 0 Å². The molecule has 1 aliphatic heterocycles. The van der Waals surface area contributed by atoms with Gasteiger partial charge < -0.3 is 0 Å². The molecule has 1 unspecified atom stereocenters. The van der Waals surface area contributed by atoms with Crippen LogP contribution in [0.3, 0.4) is 0 Å². The summed E-state index contributed by atoms with van der Waals surface area (Å²) in [6, 6.07) is 11.6. The minimum Gasteiger partial charge on any atom is -0.282 e. The number of nitrogens with zero attached hydrogens (tertiary/aromatic N) is 4. The van der Waals surface area contributed by atoms with E-state index in [1.54, 1.807) is 7.05 Å². The van der Waals surface area contributed by atoms with Crippen molar-refractivity contribution in [2.24, 2.45) is 0 Å². The van der Waals surface area contributed by atoms with Crippen LogP contribution in [0.15, 0.2) is 30.3 Å². The summed E-state index contributed by atoms with van der Waals surface area (Å²) in [6.07, 6.45) is 0. The Morgan fingerprint density at radius 3 is 2.32 bits per heavy atom. The Morgan fingerprint density at radius 2 is 1.82 bits per heavy atom. The third kappa shape index (κ3) is 3.47. The van der Waals surface area contributed by atoms with Crippen molar-refractivity contribution >= 4 is 10.2 Å². The van der Waals surface area contributed by atoms with E-state index in [-0.39, 0.29) is 6.04 Å². The Hall–Kier alpha value is -1.46. The lowest BCUT2D eigenvalue weighted by Crippen LogP contribution is -2.52. The highest BCUT2D eigenvalue weighted by Gasteiger charge is 2.32. The SMILES string of the molecule is CCN(C)S(=O)(=O)N1CCN(C(C#N)c2ccccc2)CC1. The largest absolute Gasteiger partial charge is 0.282 e. The Morgan fingerprint density at radius 1 is 1.23 bits per heavy atom. The molecule has 1 atom stereocenters. The van der Waals surface area contributed by atoms with Crippen LogP contribution in [0.5, 0.6) is 0 Å². The van der Waals surface area contributed by atoms with Gasteiger partial charge in [-0.1, -0.05) is 37.3 Å². The number of rotatable bonds is 5. The first kappa shape index (κ1) is 16.9. The maximum Gasteiger partial charge on any atom is 0.281 e. The van der Waals surface area contributed by atoms with Crippen molar-refractivity contribution in [2.75, 3.05) is 39.8 Å². The molecule has 0 amide bonds. The summed E-state index contributed by atoms with van der Waals surface area (Å²) in [5, 5.41) is 9.45. The maximum absolute atomic E-state index is 12.3. The minimum absolute atomic E-state index is 0.324. The average Bonchev–Trinajstić information content (AvgIpc) is 2.56. The summed E-state index contributed by atoms with van der Waals surface area (Å²) >= 11 is 0. The zero-order chi connectivity index (χ0) is 16.2. The van der Waals surface area contributed by atoms with Gasteiger partial charge in [-0.15, -0.1) is 0 Å². The number of nitriles is 1. The molecule has 2 rings (SSSR count). The standard InChI is InChI=1S/C15H22N4O2S/c1-3-17(2)22(20,21)19-11-9-18(10-12-19)15(13-16)14-7-5-4-6-8-14/h4-8,15H,3,9-12H2,1-2H3. The van der Waals surface area contributed by atoms with E-state index in [0.29, 0.717) is 32.7 Å². The number of piperazine rings is 1. The molecule has 1 saturated heterocycles. The van der Waals surface area contributed by atoms with Crippen LogP contribution >= 0.6 is 0 Å². The monoisotopic (exact) mass is 322 g/mol. The van der Waals surface area contributed by atoms with Crippen molar-refractivity contribution in [3.05, 3.63) is 35.9 Å². The second kappa shape index (κ2) is 7.20. The third-order valence-corrected chi connectivity index (χ3v) is 6.11. The average molecular weight is 322 g/mol. The third-order valence-electron chi connectivity index (χ3n) is 4.04. The van der Waals surface area contributed by atoms with Crippen LogP contribution in [0.4, 0.5) is 0 Å². The van der Waals surface area contributed by atoms with Gasteiger partial charge in [-0.05, 0) is 5.56 Å². The highest BCUT2D eigenvalue weighted by atomic mass is 32.2. The molecule has 1 heterocycles.